The molecular weight excluding hydrogens is 324 g/mol. The fraction of sp³-hybridized carbons (Fsp3) is 0.286. The SMILES string of the molecule is C1=C(CCNc2ncccc2-c2nnc(-c3ccccc3)o2)CCCC1. The van der Waals surface area contributed by atoms with Gasteiger partial charge in [-0.05, 0) is 56.4 Å². The fourth-order valence-electron chi connectivity index (χ4n) is 3.22. The van der Waals surface area contributed by atoms with Crippen LogP contribution in [0.5, 0.6) is 0 Å². The Balaban J connectivity index is 1.49. The van der Waals surface area contributed by atoms with Crippen molar-refractivity contribution < 1.29 is 4.42 Å². The Bertz CT molecular complexity index is 886. The highest BCUT2D eigenvalue weighted by molar-refractivity contribution is 5.69. The zero-order valence-corrected chi connectivity index (χ0v) is 14.7. The molecule has 5 nitrogen and oxygen atoms in total. The molecule has 0 bridgehead atoms. The molecule has 0 amide bonds. The second kappa shape index (κ2) is 7.95. The first-order chi connectivity index (χ1) is 12.9. The summed E-state index contributed by atoms with van der Waals surface area (Å²) in [6.07, 6.45) is 10.3. The number of pyridine rings is 1. The molecular formula is C21H22N4O. The number of hydrogen-bond donors (Lipinski definition) is 1. The van der Waals surface area contributed by atoms with Gasteiger partial charge in [0.15, 0.2) is 0 Å². The van der Waals surface area contributed by atoms with Crippen molar-refractivity contribution in [2.45, 2.75) is 32.1 Å². The molecule has 3 aromatic rings. The van der Waals surface area contributed by atoms with Crippen molar-refractivity contribution in [1.82, 2.24) is 15.2 Å². The molecule has 0 aliphatic heterocycles. The third-order valence-corrected chi connectivity index (χ3v) is 4.61. The average molecular weight is 346 g/mol. The number of aromatic nitrogens is 3. The highest BCUT2D eigenvalue weighted by atomic mass is 16.4. The van der Waals surface area contributed by atoms with Crippen LogP contribution in [0.3, 0.4) is 0 Å². The van der Waals surface area contributed by atoms with E-state index in [1.165, 1.54) is 25.7 Å². The van der Waals surface area contributed by atoms with Crippen LogP contribution in [0.4, 0.5) is 5.82 Å². The third kappa shape index (κ3) is 3.82. The first-order valence-electron chi connectivity index (χ1n) is 9.16. The van der Waals surface area contributed by atoms with Gasteiger partial charge in [-0.25, -0.2) is 4.98 Å². The van der Waals surface area contributed by atoms with E-state index in [9.17, 15) is 0 Å². The second-order valence-corrected chi connectivity index (χ2v) is 6.46. The molecule has 1 aliphatic carbocycles. The van der Waals surface area contributed by atoms with Crippen LogP contribution in [0.2, 0.25) is 0 Å². The van der Waals surface area contributed by atoms with Crippen LogP contribution in [0.25, 0.3) is 22.9 Å². The van der Waals surface area contributed by atoms with E-state index < -0.39 is 0 Å². The Labute approximate surface area is 153 Å². The molecule has 0 fully saturated rings. The van der Waals surface area contributed by atoms with Crippen LogP contribution in [0, 0.1) is 0 Å². The van der Waals surface area contributed by atoms with Crippen LogP contribution >= 0.6 is 0 Å². The summed E-state index contributed by atoms with van der Waals surface area (Å²) in [5.41, 5.74) is 3.29. The topological polar surface area (TPSA) is 63.8 Å². The molecule has 0 atom stereocenters. The summed E-state index contributed by atoms with van der Waals surface area (Å²) in [4.78, 5) is 4.46. The summed E-state index contributed by atoms with van der Waals surface area (Å²) < 4.78 is 5.88. The van der Waals surface area contributed by atoms with Crippen molar-refractivity contribution in [3.8, 4) is 22.9 Å². The highest BCUT2D eigenvalue weighted by Gasteiger charge is 2.14. The molecule has 4 rings (SSSR count). The largest absolute Gasteiger partial charge is 0.416 e. The van der Waals surface area contributed by atoms with Gasteiger partial charge in [0, 0.05) is 18.3 Å². The number of allylic oxidation sites excluding steroid dienone is 1. The quantitative estimate of drug-likeness (QED) is 0.629. The van der Waals surface area contributed by atoms with Crippen molar-refractivity contribution in [1.29, 1.82) is 0 Å². The van der Waals surface area contributed by atoms with Gasteiger partial charge >= 0.3 is 0 Å². The van der Waals surface area contributed by atoms with Gasteiger partial charge in [0.25, 0.3) is 5.89 Å². The van der Waals surface area contributed by atoms with Crippen LogP contribution in [0.15, 0.2) is 64.7 Å². The molecule has 1 N–H and O–H groups in total. The predicted octanol–water partition coefficient (Wildman–Crippen LogP) is 5.10. The van der Waals surface area contributed by atoms with Crippen molar-refractivity contribution in [2.24, 2.45) is 0 Å². The summed E-state index contributed by atoms with van der Waals surface area (Å²) in [5, 5.41) is 11.8. The first kappa shape index (κ1) is 16.5. The van der Waals surface area contributed by atoms with Crippen LogP contribution in [0.1, 0.15) is 32.1 Å². The number of hydrogen-bond acceptors (Lipinski definition) is 5. The van der Waals surface area contributed by atoms with Gasteiger partial charge in [-0.15, -0.1) is 10.2 Å². The summed E-state index contributed by atoms with van der Waals surface area (Å²) in [6, 6.07) is 13.6. The minimum Gasteiger partial charge on any atom is -0.416 e. The minimum atomic E-state index is 0.483. The molecule has 5 heteroatoms. The van der Waals surface area contributed by atoms with Crippen molar-refractivity contribution in [2.75, 3.05) is 11.9 Å². The lowest BCUT2D eigenvalue weighted by Gasteiger charge is -2.13. The monoisotopic (exact) mass is 346 g/mol. The van der Waals surface area contributed by atoms with Gasteiger partial charge in [0.2, 0.25) is 5.89 Å². The van der Waals surface area contributed by atoms with E-state index in [1.54, 1.807) is 11.8 Å². The summed E-state index contributed by atoms with van der Waals surface area (Å²) in [7, 11) is 0. The van der Waals surface area contributed by atoms with E-state index in [2.05, 4.69) is 26.6 Å². The molecule has 0 saturated heterocycles. The van der Waals surface area contributed by atoms with Crippen LogP contribution < -0.4 is 5.32 Å². The summed E-state index contributed by atoms with van der Waals surface area (Å²) in [5.74, 6) is 1.78. The zero-order chi connectivity index (χ0) is 17.6. The Morgan fingerprint density at radius 1 is 0.962 bits per heavy atom. The number of benzene rings is 1. The Morgan fingerprint density at radius 2 is 1.85 bits per heavy atom. The van der Waals surface area contributed by atoms with Crippen LogP contribution in [-0.4, -0.2) is 21.7 Å². The minimum absolute atomic E-state index is 0.483. The lowest BCUT2D eigenvalue weighted by atomic mass is 9.97. The molecule has 0 radical (unpaired) electrons. The Kier molecular flexibility index (Phi) is 5.05. The third-order valence-electron chi connectivity index (χ3n) is 4.61. The van der Waals surface area contributed by atoms with E-state index in [0.717, 1.165) is 29.9 Å². The smallest absolute Gasteiger partial charge is 0.251 e. The van der Waals surface area contributed by atoms with E-state index in [4.69, 9.17) is 4.42 Å². The first-order valence-corrected chi connectivity index (χ1v) is 9.16. The van der Waals surface area contributed by atoms with Crippen molar-refractivity contribution in [3.05, 3.63) is 60.3 Å². The molecule has 0 saturated carbocycles. The van der Waals surface area contributed by atoms with Crippen LogP contribution in [-0.2, 0) is 0 Å². The number of nitrogens with zero attached hydrogens (tertiary/aromatic N) is 3. The fourth-order valence-corrected chi connectivity index (χ4v) is 3.22. The Hall–Kier alpha value is -2.95. The van der Waals surface area contributed by atoms with E-state index in [-0.39, 0.29) is 0 Å². The van der Waals surface area contributed by atoms with Gasteiger partial charge in [-0.3, -0.25) is 0 Å². The normalized spacial score (nSPS) is 14.1. The zero-order valence-electron chi connectivity index (χ0n) is 14.7. The highest BCUT2D eigenvalue weighted by Crippen LogP contribution is 2.28. The number of rotatable bonds is 6. The number of anilines is 1. The Morgan fingerprint density at radius 3 is 2.69 bits per heavy atom. The maximum Gasteiger partial charge on any atom is 0.251 e. The maximum absolute atomic E-state index is 5.88. The molecule has 2 aromatic heterocycles. The average Bonchev–Trinajstić information content (AvgIpc) is 3.20. The van der Waals surface area contributed by atoms with Gasteiger partial charge in [0.05, 0.1) is 5.56 Å². The lowest BCUT2D eigenvalue weighted by molar-refractivity contribution is 0.584. The van der Waals surface area contributed by atoms with Gasteiger partial charge in [-0.1, -0.05) is 29.8 Å². The van der Waals surface area contributed by atoms with E-state index >= 15 is 0 Å². The molecule has 0 unspecified atom stereocenters. The van der Waals surface area contributed by atoms with Gasteiger partial charge in [-0.2, -0.15) is 0 Å². The number of nitrogens with one attached hydrogen (secondary N) is 1. The van der Waals surface area contributed by atoms with E-state index in [1.807, 2.05) is 42.5 Å². The molecule has 1 aliphatic rings. The van der Waals surface area contributed by atoms with Gasteiger partial charge < -0.3 is 9.73 Å². The predicted molar refractivity (Wildman–Crippen MR) is 103 cm³/mol. The molecule has 0 spiro atoms. The second-order valence-electron chi connectivity index (χ2n) is 6.46. The standard InChI is InChI=1S/C21H22N4O/c1-3-8-16(9-4-1)13-15-23-19-18(12-7-14-22-19)21-25-24-20(26-21)17-10-5-2-6-11-17/h2,5-8,10-12,14H,1,3-4,9,13,15H2,(H,22,23). The van der Waals surface area contributed by atoms with Crippen molar-refractivity contribution >= 4 is 5.82 Å². The molecule has 2 heterocycles. The van der Waals surface area contributed by atoms with Gasteiger partial charge in [0.1, 0.15) is 5.82 Å². The maximum atomic E-state index is 5.88. The molecule has 26 heavy (non-hydrogen) atoms. The van der Waals surface area contributed by atoms with Crippen molar-refractivity contribution in [3.63, 3.8) is 0 Å². The lowest BCUT2D eigenvalue weighted by Crippen LogP contribution is -2.06. The molecule has 132 valence electrons. The molecule has 1 aromatic carbocycles. The summed E-state index contributed by atoms with van der Waals surface area (Å²) in [6.45, 7) is 0.857. The summed E-state index contributed by atoms with van der Waals surface area (Å²) >= 11 is 0. The van der Waals surface area contributed by atoms with E-state index in [0.29, 0.717) is 11.8 Å².